The van der Waals surface area contributed by atoms with E-state index in [0.717, 1.165) is 31.2 Å². The molecule has 0 saturated heterocycles. The highest BCUT2D eigenvalue weighted by Crippen LogP contribution is 2.28. The number of nitrogens with one attached hydrogen (secondary N) is 1. The fraction of sp³-hybridized carbons (Fsp3) is 0.438. The van der Waals surface area contributed by atoms with Gasteiger partial charge in [0.25, 0.3) is 0 Å². The quantitative estimate of drug-likeness (QED) is 0.885. The summed E-state index contributed by atoms with van der Waals surface area (Å²) in [6.07, 6.45) is 5.63. The predicted octanol–water partition coefficient (Wildman–Crippen LogP) is 2.39. The van der Waals surface area contributed by atoms with Crippen LogP contribution in [0.25, 0.3) is 0 Å². The number of carboxylic acids is 1. The van der Waals surface area contributed by atoms with Gasteiger partial charge in [0.1, 0.15) is 5.82 Å². The third kappa shape index (κ3) is 3.73. The highest BCUT2D eigenvalue weighted by molar-refractivity contribution is 5.84. The van der Waals surface area contributed by atoms with Crippen molar-refractivity contribution in [2.75, 3.05) is 0 Å². The van der Waals surface area contributed by atoms with Crippen molar-refractivity contribution >= 4 is 5.97 Å². The topological polar surface area (TPSA) is 80.0 Å². The van der Waals surface area contributed by atoms with Gasteiger partial charge in [0, 0.05) is 12.6 Å². The van der Waals surface area contributed by atoms with Crippen LogP contribution in [-0.4, -0.2) is 32.1 Å². The third-order valence-electron chi connectivity index (χ3n) is 4.28. The van der Waals surface area contributed by atoms with Crippen LogP contribution in [0.2, 0.25) is 0 Å². The first kappa shape index (κ1) is 15.6. The lowest BCUT2D eigenvalue weighted by atomic mass is 9.90. The summed E-state index contributed by atoms with van der Waals surface area (Å²) in [5, 5.41) is 20.1. The Kier molecular flexibility index (Phi) is 4.66. The van der Waals surface area contributed by atoms with Crippen molar-refractivity contribution in [3.05, 3.63) is 47.5 Å². The summed E-state index contributed by atoms with van der Waals surface area (Å²) in [6.45, 7) is 0.641. The Labute approximate surface area is 133 Å². The Morgan fingerprint density at radius 2 is 2.04 bits per heavy atom. The van der Waals surface area contributed by atoms with E-state index in [4.69, 9.17) is 5.11 Å². The predicted molar refractivity (Wildman–Crippen MR) is 81.5 cm³/mol. The fourth-order valence-corrected chi connectivity index (χ4v) is 3.05. The van der Waals surface area contributed by atoms with Crippen LogP contribution in [0.15, 0.2) is 30.5 Å². The van der Waals surface area contributed by atoms with E-state index in [-0.39, 0.29) is 23.6 Å². The Bertz CT molecular complexity index is 671. The highest BCUT2D eigenvalue weighted by atomic mass is 19.1. The van der Waals surface area contributed by atoms with Crippen LogP contribution in [0, 0.1) is 5.82 Å². The maximum Gasteiger partial charge on any atom is 0.358 e. The van der Waals surface area contributed by atoms with Gasteiger partial charge in [0.2, 0.25) is 0 Å². The summed E-state index contributed by atoms with van der Waals surface area (Å²) in [6, 6.07) is 6.70. The minimum absolute atomic E-state index is 0.0344. The SMILES string of the molecule is O=C(O)c1cn([C@@H]2CCCC[C@@H]2NCc2ccc(F)cc2)nn1. The molecule has 1 aromatic carbocycles. The Morgan fingerprint density at radius 3 is 2.74 bits per heavy atom. The molecule has 3 rings (SSSR count). The summed E-state index contributed by atoms with van der Waals surface area (Å²) >= 11 is 0. The van der Waals surface area contributed by atoms with Crippen LogP contribution in [0.4, 0.5) is 4.39 Å². The molecule has 0 amide bonds. The Morgan fingerprint density at radius 1 is 1.30 bits per heavy atom. The minimum atomic E-state index is -1.07. The van der Waals surface area contributed by atoms with Crippen LogP contribution in [-0.2, 0) is 6.54 Å². The Hall–Kier alpha value is -2.28. The minimum Gasteiger partial charge on any atom is -0.476 e. The molecule has 2 atom stereocenters. The number of hydrogen-bond donors (Lipinski definition) is 2. The zero-order valence-corrected chi connectivity index (χ0v) is 12.7. The van der Waals surface area contributed by atoms with Crippen molar-refractivity contribution in [2.45, 2.75) is 44.3 Å². The van der Waals surface area contributed by atoms with Crippen LogP contribution >= 0.6 is 0 Å². The first-order valence-corrected chi connectivity index (χ1v) is 7.76. The molecular formula is C16H19FN4O2. The lowest BCUT2D eigenvalue weighted by molar-refractivity contribution is 0.0690. The zero-order chi connectivity index (χ0) is 16.2. The second-order valence-corrected chi connectivity index (χ2v) is 5.85. The molecule has 122 valence electrons. The molecule has 6 nitrogen and oxygen atoms in total. The normalized spacial score (nSPS) is 21.3. The molecule has 1 aliphatic carbocycles. The van der Waals surface area contributed by atoms with Crippen LogP contribution < -0.4 is 5.32 Å². The molecule has 1 heterocycles. The lowest BCUT2D eigenvalue weighted by Crippen LogP contribution is -2.39. The summed E-state index contributed by atoms with van der Waals surface area (Å²) in [5.41, 5.74) is 0.980. The van der Waals surface area contributed by atoms with Crippen molar-refractivity contribution in [3.63, 3.8) is 0 Å². The molecular weight excluding hydrogens is 299 g/mol. The van der Waals surface area contributed by atoms with Crippen LogP contribution in [0.3, 0.4) is 0 Å². The van der Waals surface area contributed by atoms with Gasteiger partial charge < -0.3 is 10.4 Å². The van der Waals surface area contributed by atoms with Gasteiger partial charge in [-0.3, -0.25) is 0 Å². The monoisotopic (exact) mass is 318 g/mol. The van der Waals surface area contributed by atoms with Gasteiger partial charge in [-0.2, -0.15) is 0 Å². The molecule has 0 spiro atoms. The number of carboxylic acid groups (broad SMARTS) is 1. The van der Waals surface area contributed by atoms with Gasteiger partial charge in [-0.15, -0.1) is 5.10 Å². The van der Waals surface area contributed by atoms with E-state index in [1.54, 1.807) is 16.8 Å². The molecule has 2 N–H and O–H groups in total. The molecule has 0 aliphatic heterocycles. The van der Waals surface area contributed by atoms with Gasteiger partial charge in [-0.25, -0.2) is 13.9 Å². The highest BCUT2D eigenvalue weighted by Gasteiger charge is 2.27. The molecule has 1 fully saturated rings. The van der Waals surface area contributed by atoms with Crippen molar-refractivity contribution in [1.29, 1.82) is 0 Å². The maximum absolute atomic E-state index is 12.9. The van der Waals surface area contributed by atoms with Crippen molar-refractivity contribution < 1.29 is 14.3 Å². The average Bonchev–Trinajstić information content (AvgIpc) is 3.05. The van der Waals surface area contributed by atoms with Crippen molar-refractivity contribution in [3.8, 4) is 0 Å². The number of aromatic nitrogens is 3. The summed E-state index contributed by atoms with van der Waals surface area (Å²) < 4.78 is 14.6. The number of carbonyl (C=O) groups is 1. The van der Waals surface area contributed by atoms with E-state index in [1.807, 2.05) is 0 Å². The number of halogens is 1. The molecule has 1 saturated carbocycles. The molecule has 0 unspecified atom stereocenters. The second kappa shape index (κ2) is 6.87. The smallest absolute Gasteiger partial charge is 0.358 e. The van der Waals surface area contributed by atoms with E-state index in [0.29, 0.717) is 6.54 Å². The molecule has 0 radical (unpaired) electrons. The van der Waals surface area contributed by atoms with Gasteiger partial charge >= 0.3 is 5.97 Å². The zero-order valence-electron chi connectivity index (χ0n) is 12.7. The largest absolute Gasteiger partial charge is 0.476 e. The number of benzene rings is 1. The second-order valence-electron chi connectivity index (χ2n) is 5.85. The fourth-order valence-electron chi connectivity index (χ4n) is 3.05. The molecule has 1 aliphatic rings. The third-order valence-corrected chi connectivity index (χ3v) is 4.28. The number of nitrogens with zero attached hydrogens (tertiary/aromatic N) is 3. The van der Waals surface area contributed by atoms with Gasteiger partial charge in [-0.1, -0.05) is 30.2 Å². The van der Waals surface area contributed by atoms with Gasteiger partial charge in [-0.05, 0) is 30.5 Å². The molecule has 1 aromatic heterocycles. The molecule has 23 heavy (non-hydrogen) atoms. The van der Waals surface area contributed by atoms with Crippen LogP contribution in [0.5, 0.6) is 0 Å². The summed E-state index contributed by atoms with van der Waals surface area (Å²) in [5.74, 6) is -1.31. The lowest BCUT2D eigenvalue weighted by Gasteiger charge is -2.32. The maximum atomic E-state index is 12.9. The first-order valence-electron chi connectivity index (χ1n) is 7.76. The van der Waals surface area contributed by atoms with E-state index < -0.39 is 5.97 Å². The Balaban J connectivity index is 1.68. The number of rotatable bonds is 5. The van der Waals surface area contributed by atoms with Crippen molar-refractivity contribution in [2.24, 2.45) is 0 Å². The van der Waals surface area contributed by atoms with Gasteiger partial charge in [0.15, 0.2) is 5.69 Å². The standard InChI is InChI=1S/C16H19FN4O2/c17-12-7-5-11(6-8-12)9-18-13-3-1-2-4-15(13)21-10-14(16(22)23)19-20-21/h5-8,10,13,15,18H,1-4,9H2,(H,22,23)/t13-,15+/m0/s1. The van der Waals surface area contributed by atoms with E-state index in [2.05, 4.69) is 15.6 Å². The number of hydrogen-bond acceptors (Lipinski definition) is 4. The molecule has 7 heteroatoms. The molecule has 2 aromatic rings. The summed E-state index contributed by atoms with van der Waals surface area (Å²) in [7, 11) is 0. The van der Waals surface area contributed by atoms with Crippen molar-refractivity contribution in [1.82, 2.24) is 20.3 Å². The molecule has 0 bridgehead atoms. The summed E-state index contributed by atoms with van der Waals surface area (Å²) in [4.78, 5) is 11.0. The average molecular weight is 318 g/mol. The van der Waals surface area contributed by atoms with E-state index in [9.17, 15) is 9.18 Å². The van der Waals surface area contributed by atoms with Gasteiger partial charge in [0.05, 0.1) is 12.2 Å². The number of aromatic carboxylic acids is 1. The first-order chi connectivity index (χ1) is 11.1. The van der Waals surface area contributed by atoms with E-state index in [1.165, 1.54) is 18.3 Å². The van der Waals surface area contributed by atoms with E-state index >= 15 is 0 Å². The van der Waals surface area contributed by atoms with Crippen LogP contribution in [0.1, 0.15) is 47.8 Å².